The molecule has 0 saturated heterocycles. The van der Waals surface area contributed by atoms with E-state index in [-0.39, 0.29) is 11.8 Å². The van der Waals surface area contributed by atoms with Crippen molar-refractivity contribution in [2.75, 3.05) is 24.5 Å². The molecular weight excluding hydrogens is 362 g/mol. The quantitative estimate of drug-likeness (QED) is 0.751. The predicted octanol–water partition coefficient (Wildman–Crippen LogP) is 3.95. The first-order valence-electron chi connectivity index (χ1n) is 10.3. The van der Waals surface area contributed by atoms with E-state index in [9.17, 15) is 9.59 Å². The normalized spacial score (nSPS) is 12.8. The van der Waals surface area contributed by atoms with E-state index in [0.29, 0.717) is 43.6 Å². The second kappa shape index (κ2) is 9.38. The fraction of sp³-hybridized carbons (Fsp3) is 0.375. The van der Waals surface area contributed by atoms with Crippen molar-refractivity contribution < 1.29 is 9.59 Å². The summed E-state index contributed by atoms with van der Waals surface area (Å²) in [6.45, 7) is 5.87. The molecule has 150 valence electrons. The van der Waals surface area contributed by atoms with Crippen molar-refractivity contribution in [3.8, 4) is 6.07 Å². The number of rotatable bonds is 6. The lowest BCUT2D eigenvalue weighted by Gasteiger charge is -2.32. The lowest BCUT2D eigenvalue weighted by molar-refractivity contribution is -0.118. The van der Waals surface area contributed by atoms with Crippen LogP contribution in [-0.4, -0.2) is 36.3 Å². The molecule has 0 N–H and O–H groups in total. The van der Waals surface area contributed by atoms with Crippen LogP contribution in [0.2, 0.25) is 0 Å². The van der Waals surface area contributed by atoms with Crippen LogP contribution in [-0.2, 0) is 17.6 Å². The molecule has 2 aromatic rings. The maximum atomic E-state index is 13.1. The van der Waals surface area contributed by atoms with Gasteiger partial charge in [-0.15, -0.1) is 0 Å². The monoisotopic (exact) mass is 389 g/mol. The third-order valence-corrected chi connectivity index (χ3v) is 5.51. The Labute approximate surface area is 172 Å². The minimum Gasteiger partial charge on any atom is -0.339 e. The largest absolute Gasteiger partial charge is 0.339 e. The maximum absolute atomic E-state index is 13.1. The van der Waals surface area contributed by atoms with Gasteiger partial charge < -0.3 is 9.80 Å². The highest BCUT2D eigenvalue weighted by Gasteiger charge is 2.28. The summed E-state index contributed by atoms with van der Waals surface area (Å²) in [6, 6.07) is 15.2. The van der Waals surface area contributed by atoms with Gasteiger partial charge in [0.05, 0.1) is 22.9 Å². The van der Waals surface area contributed by atoms with Gasteiger partial charge in [0.25, 0.3) is 5.91 Å². The van der Waals surface area contributed by atoms with Crippen LogP contribution in [0.4, 0.5) is 5.69 Å². The minimum absolute atomic E-state index is 0.0151. The standard InChI is InChI=1S/C24H27N3O2/c1-3-26(4-2)24(29)21-9-5-7-20-8-6-16-27(23(20)21)22(28)15-14-18-10-12-19(17-25)13-11-18/h5,7,9-13H,3-4,6,8,14-16H2,1-2H3. The molecular formula is C24H27N3O2. The summed E-state index contributed by atoms with van der Waals surface area (Å²) in [4.78, 5) is 29.7. The number of carbonyl (C=O) groups excluding carboxylic acids is 2. The zero-order valence-electron chi connectivity index (χ0n) is 17.1. The first-order chi connectivity index (χ1) is 14.1. The number of benzene rings is 2. The van der Waals surface area contributed by atoms with Crippen molar-refractivity contribution in [1.82, 2.24) is 4.90 Å². The average molecular weight is 389 g/mol. The molecule has 5 nitrogen and oxygen atoms in total. The molecule has 1 heterocycles. The van der Waals surface area contributed by atoms with Crippen LogP contribution in [0.1, 0.15) is 53.7 Å². The maximum Gasteiger partial charge on any atom is 0.255 e. The zero-order chi connectivity index (χ0) is 20.8. The molecule has 2 aromatic carbocycles. The van der Waals surface area contributed by atoms with Gasteiger partial charge in [0.1, 0.15) is 0 Å². The van der Waals surface area contributed by atoms with E-state index < -0.39 is 0 Å². The lowest BCUT2D eigenvalue weighted by atomic mass is 9.96. The number of anilines is 1. The van der Waals surface area contributed by atoms with Crippen molar-refractivity contribution >= 4 is 17.5 Å². The molecule has 0 unspecified atom stereocenters. The molecule has 0 bridgehead atoms. The van der Waals surface area contributed by atoms with Gasteiger partial charge in [-0.1, -0.05) is 24.3 Å². The van der Waals surface area contributed by atoms with Crippen LogP contribution in [0.3, 0.4) is 0 Å². The number of nitriles is 1. The van der Waals surface area contributed by atoms with Crippen LogP contribution in [0.5, 0.6) is 0 Å². The number of hydrogen-bond acceptors (Lipinski definition) is 3. The SMILES string of the molecule is CCN(CC)C(=O)c1cccc2c1N(C(=O)CCc1ccc(C#N)cc1)CCC2. The Bertz CT molecular complexity index is 924. The van der Waals surface area contributed by atoms with Crippen LogP contribution in [0.15, 0.2) is 42.5 Å². The van der Waals surface area contributed by atoms with Crippen molar-refractivity contribution in [3.63, 3.8) is 0 Å². The van der Waals surface area contributed by atoms with E-state index in [2.05, 4.69) is 6.07 Å². The van der Waals surface area contributed by atoms with E-state index in [1.165, 1.54) is 0 Å². The van der Waals surface area contributed by atoms with Crippen LogP contribution < -0.4 is 4.90 Å². The fourth-order valence-electron chi connectivity index (χ4n) is 3.89. The average Bonchev–Trinajstić information content (AvgIpc) is 2.77. The summed E-state index contributed by atoms with van der Waals surface area (Å²) in [5.41, 5.74) is 4.13. The molecule has 0 fully saturated rings. The lowest BCUT2D eigenvalue weighted by Crippen LogP contribution is -2.39. The first kappa shape index (κ1) is 20.6. The van der Waals surface area contributed by atoms with Gasteiger partial charge >= 0.3 is 0 Å². The van der Waals surface area contributed by atoms with E-state index in [0.717, 1.165) is 29.7 Å². The molecule has 0 atom stereocenters. The molecule has 1 aliphatic heterocycles. The summed E-state index contributed by atoms with van der Waals surface area (Å²) in [6.07, 6.45) is 2.77. The Morgan fingerprint density at radius 3 is 2.48 bits per heavy atom. The number of amides is 2. The van der Waals surface area contributed by atoms with Crippen LogP contribution >= 0.6 is 0 Å². The van der Waals surface area contributed by atoms with Crippen molar-refractivity contribution in [2.45, 2.75) is 39.5 Å². The second-order valence-electron chi connectivity index (χ2n) is 7.25. The van der Waals surface area contributed by atoms with E-state index in [4.69, 9.17) is 5.26 Å². The topological polar surface area (TPSA) is 64.4 Å². The van der Waals surface area contributed by atoms with E-state index in [1.807, 2.05) is 44.2 Å². The molecule has 0 aromatic heterocycles. The smallest absolute Gasteiger partial charge is 0.255 e. The van der Waals surface area contributed by atoms with Gasteiger partial charge in [-0.3, -0.25) is 9.59 Å². The van der Waals surface area contributed by atoms with Gasteiger partial charge in [-0.25, -0.2) is 0 Å². The van der Waals surface area contributed by atoms with E-state index in [1.54, 1.807) is 21.9 Å². The van der Waals surface area contributed by atoms with Gasteiger partial charge in [-0.05, 0) is 62.4 Å². The fourth-order valence-corrected chi connectivity index (χ4v) is 3.89. The van der Waals surface area contributed by atoms with E-state index >= 15 is 0 Å². The Morgan fingerprint density at radius 1 is 1.10 bits per heavy atom. The van der Waals surface area contributed by atoms with Gasteiger partial charge in [0.2, 0.25) is 5.91 Å². The second-order valence-corrected chi connectivity index (χ2v) is 7.25. The molecule has 0 aliphatic carbocycles. The van der Waals surface area contributed by atoms with Gasteiger partial charge in [0, 0.05) is 26.1 Å². The number of nitrogens with zero attached hydrogens (tertiary/aromatic N) is 3. The molecule has 0 radical (unpaired) electrons. The molecule has 3 rings (SSSR count). The molecule has 29 heavy (non-hydrogen) atoms. The minimum atomic E-state index is -0.0151. The summed E-state index contributed by atoms with van der Waals surface area (Å²) in [5, 5.41) is 8.91. The number of carbonyl (C=O) groups is 2. The van der Waals surface area contributed by atoms with Crippen molar-refractivity contribution in [2.24, 2.45) is 0 Å². The summed E-state index contributed by atoms with van der Waals surface area (Å²) >= 11 is 0. The summed E-state index contributed by atoms with van der Waals surface area (Å²) in [7, 11) is 0. The third-order valence-electron chi connectivity index (χ3n) is 5.51. The Morgan fingerprint density at radius 2 is 1.83 bits per heavy atom. The molecule has 1 aliphatic rings. The highest BCUT2D eigenvalue weighted by molar-refractivity contribution is 6.06. The summed E-state index contributed by atoms with van der Waals surface area (Å²) < 4.78 is 0. The summed E-state index contributed by atoms with van der Waals surface area (Å²) in [5.74, 6) is 0.0220. The Kier molecular flexibility index (Phi) is 6.66. The number of para-hydroxylation sites is 1. The van der Waals surface area contributed by atoms with Crippen molar-refractivity contribution in [1.29, 1.82) is 5.26 Å². The molecule has 5 heteroatoms. The first-order valence-corrected chi connectivity index (χ1v) is 10.3. The van der Waals surface area contributed by atoms with Crippen LogP contribution in [0.25, 0.3) is 0 Å². The Hall–Kier alpha value is -3.13. The highest BCUT2D eigenvalue weighted by atomic mass is 16.2. The van der Waals surface area contributed by atoms with Crippen LogP contribution in [0, 0.1) is 11.3 Å². The van der Waals surface area contributed by atoms with Gasteiger partial charge in [0.15, 0.2) is 0 Å². The molecule has 0 saturated carbocycles. The molecule has 2 amide bonds. The number of aryl methyl sites for hydroxylation is 2. The third kappa shape index (κ3) is 4.48. The number of fused-ring (bicyclic) bond motifs is 1. The zero-order valence-corrected chi connectivity index (χ0v) is 17.1. The highest BCUT2D eigenvalue weighted by Crippen LogP contribution is 2.32. The van der Waals surface area contributed by atoms with Crippen molar-refractivity contribution in [3.05, 3.63) is 64.7 Å². The predicted molar refractivity (Wildman–Crippen MR) is 114 cm³/mol. The molecule has 0 spiro atoms. The Balaban J connectivity index is 1.82. The van der Waals surface area contributed by atoms with Gasteiger partial charge in [-0.2, -0.15) is 5.26 Å². The number of hydrogen-bond donors (Lipinski definition) is 0.